The first kappa shape index (κ1) is 12.1. The van der Waals surface area contributed by atoms with Gasteiger partial charge in [0.15, 0.2) is 0 Å². The van der Waals surface area contributed by atoms with E-state index in [-0.39, 0.29) is 0 Å². The van der Waals surface area contributed by atoms with E-state index in [0.717, 1.165) is 29.6 Å². The maximum Gasteiger partial charge on any atom is -0.0352 e. The first-order chi connectivity index (χ1) is 6.65. The lowest BCUT2D eigenvalue weighted by molar-refractivity contribution is 0.0125. The van der Waals surface area contributed by atoms with Crippen LogP contribution in [-0.4, -0.2) is 0 Å². The molecule has 84 valence electrons. The fourth-order valence-corrected chi connectivity index (χ4v) is 3.70. The molecule has 0 aromatic rings. The fraction of sp³-hybridized carbons (Fsp3) is 1.00. The molecule has 0 nitrogen and oxygen atoms in total. The monoisotopic (exact) mass is 196 g/mol. The summed E-state index contributed by atoms with van der Waals surface area (Å²) in [4.78, 5) is 0. The van der Waals surface area contributed by atoms with Crippen LogP contribution in [0.3, 0.4) is 0 Å². The van der Waals surface area contributed by atoms with Crippen LogP contribution in [0.25, 0.3) is 0 Å². The van der Waals surface area contributed by atoms with Gasteiger partial charge in [0.1, 0.15) is 0 Å². The maximum absolute atomic E-state index is 2.50. The Labute approximate surface area is 90.5 Å². The van der Waals surface area contributed by atoms with Gasteiger partial charge < -0.3 is 0 Å². The van der Waals surface area contributed by atoms with Crippen LogP contribution in [0, 0.1) is 29.6 Å². The highest BCUT2D eigenvalue weighted by molar-refractivity contribution is 4.90. The fourth-order valence-electron chi connectivity index (χ4n) is 3.70. The lowest BCUT2D eigenvalue weighted by Crippen LogP contribution is -2.40. The summed E-state index contributed by atoms with van der Waals surface area (Å²) in [7, 11) is 0. The molecule has 1 fully saturated rings. The molecule has 0 amide bonds. The lowest BCUT2D eigenvalue weighted by atomic mass is 9.57. The molecule has 0 saturated heterocycles. The van der Waals surface area contributed by atoms with Crippen molar-refractivity contribution in [1.29, 1.82) is 0 Å². The quantitative estimate of drug-likeness (QED) is 0.595. The average Bonchev–Trinajstić information content (AvgIpc) is 2.16. The van der Waals surface area contributed by atoms with Crippen molar-refractivity contribution in [3.05, 3.63) is 0 Å². The Hall–Kier alpha value is 0. The van der Waals surface area contributed by atoms with Gasteiger partial charge in [-0.15, -0.1) is 0 Å². The third-order valence-corrected chi connectivity index (χ3v) is 4.86. The van der Waals surface area contributed by atoms with Crippen molar-refractivity contribution >= 4 is 0 Å². The van der Waals surface area contributed by atoms with Crippen molar-refractivity contribution in [2.24, 2.45) is 29.6 Å². The van der Waals surface area contributed by atoms with E-state index in [4.69, 9.17) is 0 Å². The molecule has 0 N–H and O–H groups in total. The third-order valence-electron chi connectivity index (χ3n) is 4.86. The van der Waals surface area contributed by atoms with E-state index in [2.05, 4.69) is 34.6 Å². The molecule has 0 heterocycles. The van der Waals surface area contributed by atoms with Crippen LogP contribution in [0.1, 0.15) is 60.3 Å². The summed E-state index contributed by atoms with van der Waals surface area (Å²) >= 11 is 0. The molecule has 1 rings (SSSR count). The second-order valence-corrected chi connectivity index (χ2v) is 5.38. The van der Waals surface area contributed by atoms with E-state index in [1.807, 2.05) is 0 Å². The van der Waals surface area contributed by atoms with Crippen molar-refractivity contribution in [3.63, 3.8) is 0 Å². The van der Waals surface area contributed by atoms with Crippen molar-refractivity contribution in [3.8, 4) is 0 Å². The Morgan fingerprint density at radius 1 is 1.14 bits per heavy atom. The summed E-state index contributed by atoms with van der Waals surface area (Å²) in [5.74, 6) is 5.01. The van der Waals surface area contributed by atoms with Crippen LogP contribution in [0.15, 0.2) is 0 Å². The first-order valence-corrected chi connectivity index (χ1v) is 6.65. The van der Waals surface area contributed by atoms with Crippen LogP contribution < -0.4 is 0 Å². The minimum absolute atomic E-state index is 0.964. The van der Waals surface area contributed by atoms with Gasteiger partial charge in [-0.1, -0.05) is 53.9 Å². The largest absolute Gasteiger partial charge is 0.0651 e. The summed E-state index contributed by atoms with van der Waals surface area (Å²) < 4.78 is 0. The molecule has 14 heavy (non-hydrogen) atoms. The van der Waals surface area contributed by atoms with Gasteiger partial charge in [0.2, 0.25) is 0 Å². The van der Waals surface area contributed by atoms with Gasteiger partial charge in [-0.25, -0.2) is 0 Å². The standard InChI is InChI=1S/C14H28/c1-6-12(7-2)11(5)14-9-10(4)13(14)8-3/h10-14H,6-9H2,1-5H3. The smallest absolute Gasteiger partial charge is 0.0352 e. The Morgan fingerprint density at radius 3 is 2.07 bits per heavy atom. The molecule has 0 heteroatoms. The summed E-state index contributed by atoms with van der Waals surface area (Å²) in [5.41, 5.74) is 0. The van der Waals surface area contributed by atoms with Gasteiger partial charge in [-0.2, -0.15) is 0 Å². The number of hydrogen-bond donors (Lipinski definition) is 0. The van der Waals surface area contributed by atoms with E-state index in [9.17, 15) is 0 Å². The zero-order valence-electron chi connectivity index (χ0n) is 10.7. The van der Waals surface area contributed by atoms with Crippen LogP contribution in [-0.2, 0) is 0 Å². The van der Waals surface area contributed by atoms with Crippen LogP contribution in [0.2, 0.25) is 0 Å². The molecule has 0 aromatic heterocycles. The second-order valence-electron chi connectivity index (χ2n) is 5.38. The minimum atomic E-state index is 0.964. The van der Waals surface area contributed by atoms with E-state index in [0.29, 0.717) is 0 Å². The molecule has 1 aliphatic carbocycles. The SMILES string of the molecule is CCC(CC)C(C)C1CC(C)C1CC. The van der Waals surface area contributed by atoms with Gasteiger partial charge in [0.25, 0.3) is 0 Å². The Bertz CT molecular complexity index is 150. The molecule has 1 saturated carbocycles. The summed E-state index contributed by atoms with van der Waals surface area (Å²) in [6.45, 7) is 12.0. The third kappa shape index (κ3) is 2.15. The van der Waals surface area contributed by atoms with E-state index in [1.165, 1.54) is 25.7 Å². The lowest BCUT2D eigenvalue weighted by Gasteiger charge is -2.48. The summed E-state index contributed by atoms with van der Waals surface area (Å²) in [6.07, 6.45) is 5.64. The molecule has 0 radical (unpaired) electrons. The van der Waals surface area contributed by atoms with Crippen LogP contribution >= 0.6 is 0 Å². The van der Waals surface area contributed by atoms with E-state index < -0.39 is 0 Å². The molecule has 4 unspecified atom stereocenters. The minimum Gasteiger partial charge on any atom is -0.0651 e. The Morgan fingerprint density at radius 2 is 1.71 bits per heavy atom. The average molecular weight is 196 g/mol. The zero-order valence-corrected chi connectivity index (χ0v) is 10.7. The predicted octanol–water partition coefficient (Wildman–Crippen LogP) is 4.74. The van der Waals surface area contributed by atoms with Gasteiger partial charge in [0.05, 0.1) is 0 Å². The molecular weight excluding hydrogens is 168 g/mol. The highest BCUT2D eigenvalue weighted by Gasteiger charge is 2.41. The molecule has 0 aliphatic heterocycles. The second kappa shape index (κ2) is 5.19. The number of rotatable bonds is 5. The summed E-state index contributed by atoms with van der Waals surface area (Å²) in [5, 5.41) is 0. The van der Waals surface area contributed by atoms with E-state index >= 15 is 0 Å². The van der Waals surface area contributed by atoms with Crippen LogP contribution in [0.4, 0.5) is 0 Å². The van der Waals surface area contributed by atoms with Gasteiger partial charge >= 0.3 is 0 Å². The zero-order chi connectivity index (χ0) is 10.7. The van der Waals surface area contributed by atoms with Crippen molar-refractivity contribution < 1.29 is 0 Å². The molecular formula is C14H28. The van der Waals surface area contributed by atoms with Gasteiger partial charge in [0, 0.05) is 0 Å². The normalized spacial score (nSPS) is 34.3. The first-order valence-electron chi connectivity index (χ1n) is 6.65. The van der Waals surface area contributed by atoms with Gasteiger partial charge in [-0.05, 0) is 36.0 Å². The van der Waals surface area contributed by atoms with Crippen molar-refractivity contribution in [2.45, 2.75) is 60.3 Å². The van der Waals surface area contributed by atoms with Crippen molar-refractivity contribution in [2.75, 3.05) is 0 Å². The molecule has 0 bridgehead atoms. The Balaban J connectivity index is 2.48. The maximum atomic E-state index is 2.50. The summed E-state index contributed by atoms with van der Waals surface area (Å²) in [6, 6.07) is 0. The van der Waals surface area contributed by atoms with Gasteiger partial charge in [-0.3, -0.25) is 0 Å². The predicted molar refractivity (Wildman–Crippen MR) is 64.3 cm³/mol. The Kier molecular flexibility index (Phi) is 4.47. The van der Waals surface area contributed by atoms with Crippen molar-refractivity contribution in [1.82, 2.24) is 0 Å². The number of hydrogen-bond acceptors (Lipinski definition) is 0. The molecule has 0 spiro atoms. The molecule has 0 aromatic carbocycles. The van der Waals surface area contributed by atoms with E-state index in [1.54, 1.807) is 0 Å². The molecule has 4 atom stereocenters. The highest BCUT2D eigenvalue weighted by atomic mass is 14.5. The topological polar surface area (TPSA) is 0 Å². The molecule has 1 aliphatic rings. The highest BCUT2D eigenvalue weighted by Crippen LogP contribution is 2.49. The van der Waals surface area contributed by atoms with Crippen LogP contribution in [0.5, 0.6) is 0 Å².